The van der Waals surface area contributed by atoms with Crippen molar-refractivity contribution in [3.63, 3.8) is 0 Å². The van der Waals surface area contributed by atoms with Gasteiger partial charge in [0.05, 0.1) is 0 Å². The maximum Gasteiger partial charge on any atom is 0.275 e. The maximum atomic E-state index is 13.5. The molecule has 2 aromatic rings. The van der Waals surface area contributed by atoms with E-state index in [4.69, 9.17) is 4.74 Å². The molecular weight excluding hydrogens is 342 g/mol. The minimum atomic E-state index is -4.29. The van der Waals surface area contributed by atoms with Crippen molar-refractivity contribution >= 4 is 15.9 Å². The summed E-state index contributed by atoms with van der Waals surface area (Å²) in [7, 11) is -4.29. The Morgan fingerprint density at radius 1 is 1.04 bits per heavy atom. The molecule has 6 nitrogen and oxygen atoms in total. The molecule has 0 aliphatic rings. The summed E-state index contributed by atoms with van der Waals surface area (Å²) >= 11 is 0. The second-order valence-corrected chi connectivity index (χ2v) is 6.37. The lowest BCUT2D eigenvalue weighted by atomic mass is 10.3. The molecule has 9 heteroatoms. The summed E-state index contributed by atoms with van der Waals surface area (Å²) < 4.78 is 55.9. The van der Waals surface area contributed by atoms with Crippen molar-refractivity contribution in [1.29, 1.82) is 0 Å². The first kappa shape index (κ1) is 17.8. The summed E-state index contributed by atoms with van der Waals surface area (Å²) in [4.78, 5) is 13.0. The molecule has 0 saturated heterocycles. The summed E-state index contributed by atoms with van der Waals surface area (Å²) in [6.45, 7) is 1.30. The Labute approximate surface area is 137 Å². The molecule has 0 aliphatic heterocycles. The normalized spacial score (nSPS) is 12.5. The van der Waals surface area contributed by atoms with Gasteiger partial charge in [-0.05, 0) is 31.2 Å². The molecule has 0 fully saturated rings. The minimum absolute atomic E-state index is 0.155. The van der Waals surface area contributed by atoms with Crippen LogP contribution in [0.4, 0.5) is 8.78 Å². The highest BCUT2D eigenvalue weighted by atomic mass is 32.2. The quantitative estimate of drug-likeness (QED) is 0.772. The lowest BCUT2D eigenvalue weighted by Gasteiger charge is -2.15. The fraction of sp³-hybridized carbons (Fsp3) is 0.133. The number of benzene rings is 2. The summed E-state index contributed by atoms with van der Waals surface area (Å²) in [6.07, 6.45) is -1.19. The Morgan fingerprint density at radius 2 is 1.62 bits per heavy atom. The second-order valence-electron chi connectivity index (χ2n) is 4.72. The number of ether oxygens (including phenoxy) is 1. The van der Waals surface area contributed by atoms with Crippen molar-refractivity contribution < 1.29 is 26.7 Å². The average Bonchev–Trinajstić information content (AvgIpc) is 2.55. The van der Waals surface area contributed by atoms with Gasteiger partial charge in [-0.15, -0.1) is 4.83 Å². The van der Waals surface area contributed by atoms with Crippen molar-refractivity contribution in [1.82, 2.24) is 10.3 Å². The van der Waals surface area contributed by atoms with Crippen molar-refractivity contribution in [2.75, 3.05) is 0 Å². The fourth-order valence-electron chi connectivity index (χ4n) is 1.72. The zero-order valence-electron chi connectivity index (χ0n) is 12.5. The summed E-state index contributed by atoms with van der Waals surface area (Å²) in [5, 5.41) is 0. The topological polar surface area (TPSA) is 84.5 Å². The van der Waals surface area contributed by atoms with Crippen LogP contribution >= 0.6 is 0 Å². The van der Waals surface area contributed by atoms with Crippen LogP contribution in [0, 0.1) is 11.6 Å². The van der Waals surface area contributed by atoms with E-state index in [2.05, 4.69) is 0 Å². The number of nitrogens with one attached hydrogen (secondary N) is 2. The van der Waals surface area contributed by atoms with Gasteiger partial charge < -0.3 is 4.74 Å². The number of para-hydroxylation sites is 1. The molecule has 2 aromatic carbocycles. The van der Waals surface area contributed by atoms with Crippen molar-refractivity contribution in [2.24, 2.45) is 0 Å². The Bertz CT molecular complexity index is 843. The smallest absolute Gasteiger partial charge is 0.275 e. The molecule has 24 heavy (non-hydrogen) atoms. The molecule has 1 atom stereocenters. The van der Waals surface area contributed by atoms with Crippen molar-refractivity contribution in [3.8, 4) is 5.75 Å². The van der Waals surface area contributed by atoms with Crippen LogP contribution in [-0.2, 0) is 14.8 Å². The Morgan fingerprint density at radius 3 is 2.25 bits per heavy atom. The van der Waals surface area contributed by atoms with Crippen LogP contribution in [-0.4, -0.2) is 20.4 Å². The van der Waals surface area contributed by atoms with Crippen LogP contribution < -0.4 is 15.0 Å². The van der Waals surface area contributed by atoms with Crippen LogP contribution in [0.15, 0.2) is 53.4 Å². The third-order valence-electron chi connectivity index (χ3n) is 2.94. The monoisotopic (exact) mass is 356 g/mol. The number of hydrogen-bond acceptors (Lipinski definition) is 4. The van der Waals surface area contributed by atoms with E-state index < -0.39 is 38.6 Å². The van der Waals surface area contributed by atoms with Crippen molar-refractivity contribution in [3.05, 3.63) is 60.2 Å². The molecule has 0 heterocycles. The summed E-state index contributed by atoms with van der Waals surface area (Å²) in [5.74, 6) is -2.66. The van der Waals surface area contributed by atoms with Gasteiger partial charge in [0.25, 0.3) is 15.9 Å². The molecule has 2 rings (SSSR count). The van der Waals surface area contributed by atoms with Gasteiger partial charge in [0.2, 0.25) is 0 Å². The lowest BCUT2D eigenvalue weighted by Crippen LogP contribution is -2.47. The van der Waals surface area contributed by atoms with E-state index in [1.807, 2.05) is 5.43 Å². The van der Waals surface area contributed by atoms with Gasteiger partial charge >= 0.3 is 0 Å². The van der Waals surface area contributed by atoms with E-state index in [1.165, 1.54) is 37.3 Å². The summed E-state index contributed by atoms with van der Waals surface area (Å²) in [6, 6.07) is 10.1. The summed E-state index contributed by atoms with van der Waals surface area (Å²) in [5.41, 5.74) is 1.90. The third-order valence-corrected chi connectivity index (χ3v) is 4.23. The van der Waals surface area contributed by atoms with E-state index in [0.29, 0.717) is 0 Å². The van der Waals surface area contributed by atoms with Gasteiger partial charge in [0.15, 0.2) is 17.7 Å². The number of amides is 1. The fourth-order valence-corrected chi connectivity index (χ4v) is 2.65. The third kappa shape index (κ3) is 4.27. The van der Waals surface area contributed by atoms with Gasteiger partial charge in [-0.1, -0.05) is 24.3 Å². The molecule has 128 valence electrons. The van der Waals surface area contributed by atoms with Crippen LogP contribution in [0.25, 0.3) is 0 Å². The molecular formula is C15H14F2N2O4S. The molecule has 2 N–H and O–H groups in total. The maximum absolute atomic E-state index is 13.5. The molecule has 0 spiro atoms. The minimum Gasteiger partial charge on any atom is -0.478 e. The molecule has 0 aromatic heterocycles. The zero-order chi connectivity index (χ0) is 17.7. The first-order chi connectivity index (χ1) is 11.3. The van der Waals surface area contributed by atoms with Gasteiger partial charge in [0.1, 0.15) is 10.7 Å². The van der Waals surface area contributed by atoms with E-state index in [-0.39, 0.29) is 5.75 Å². The highest BCUT2D eigenvalue weighted by Crippen LogP contribution is 2.17. The van der Waals surface area contributed by atoms with E-state index in [1.54, 1.807) is 4.83 Å². The second kappa shape index (κ2) is 7.37. The number of hydrogen-bond donors (Lipinski definition) is 2. The van der Waals surface area contributed by atoms with Crippen LogP contribution in [0.1, 0.15) is 6.92 Å². The van der Waals surface area contributed by atoms with E-state index in [0.717, 1.165) is 18.2 Å². The molecule has 0 bridgehead atoms. The largest absolute Gasteiger partial charge is 0.478 e. The van der Waals surface area contributed by atoms with E-state index >= 15 is 0 Å². The predicted octanol–water partition coefficient (Wildman–Crippen LogP) is 1.74. The molecule has 0 unspecified atom stereocenters. The van der Waals surface area contributed by atoms with E-state index in [9.17, 15) is 22.0 Å². The van der Waals surface area contributed by atoms with Gasteiger partial charge in [-0.3, -0.25) is 10.2 Å². The molecule has 0 saturated carbocycles. The number of rotatable bonds is 6. The van der Waals surface area contributed by atoms with Crippen LogP contribution in [0.2, 0.25) is 0 Å². The van der Waals surface area contributed by atoms with Gasteiger partial charge in [-0.25, -0.2) is 17.2 Å². The molecule has 1 amide bonds. The standard InChI is InChI=1S/C15H14F2N2O4S/c1-10(23-13-8-4-2-6-11(13)16)15(20)18-19-24(21,22)14-9-5-3-7-12(14)17/h2-10,19H,1H3,(H,18,20)/t10-/m0/s1. The lowest BCUT2D eigenvalue weighted by molar-refractivity contribution is -0.127. The van der Waals surface area contributed by atoms with Gasteiger partial charge in [0, 0.05) is 0 Å². The Hall–Kier alpha value is -2.52. The number of carbonyl (C=O) groups is 1. The number of hydrazine groups is 1. The van der Waals surface area contributed by atoms with Crippen LogP contribution in [0.5, 0.6) is 5.75 Å². The number of carbonyl (C=O) groups excluding carboxylic acids is 1. The highest BCUT2D eigenvalue weighted by Gasteiger charge is 2.22. The van der Waals surface area contributed by atoms with Crippen LogP contribution in [0.3, 0.4) is 0 Å². The van der Waals surface area contributed by atoms with Crippen molar-refractivity contribution in [2.45, 2.75) is 17.9 Å². The number of sulfonamides is 1. The highest BCUT2D eigenvalue weighted by molar-refractivity contribution is 7.89. The predicted molar refractivity (Wildman–Crippen MR) is 81.4 cm³/mol. The van der Waals surface area contributed by atoms with Gasteiger partial charge in [-0.2, -0.15) is 0 Å². The number of halogens is 2. The molecule has 0 aliphatic carbocycles. The Balaban J connectivity index is 2.00. The SMILES string of the molecule is C[C@H](Oc1ccccc1F)C(=O)NNS(=O)(=O)c1ccccc1F. The first-order valence-corrected chi connectivity index (χ1v) is 8.27. The first-order valence-electron chi connectivity index (χ1n) is 6.78. The molecule has 0 radical (unpaired) electrons. The average molecular weight is 356 g/mol. The zero-order valence-corrected chi connectivity index (χ0v) is 13.3. The Kier molecular flexibility index (Phi) is 5.47.